The highest BCUT2D eigenvalue weighted by atomic mass is 32.1. The van der Waals surface area contributed by atoms with E-state index in [1.54, 1.807) is 18.4 Å². The first-order valence-electron chi connectivity index (χ1n) is 12.0. The average Bonchev–Trinajstić information content (AvgIpc) is 3.29. The number of benzene rings is 1. The van der Waals surface area contributed by atoms with Crippen molar-refractivity contribution in [2.24, 2.45) is 0 Å². The Morgan fingerprint density at radius 2 is 1.91 bits per heavy atom. The zero-order valence-electron chi connectivity index (χ0n) is 19.8. The Labute approximate surface area is 204 Å². The van der Waals surface area contributed by atoms with Gasteiger partial charge in [0, 0.05) is 31.9 Å². The van der Waals surface area contributed by atoms with Crippen LogP contribution in [0.15, 0.2) is 23.6 Å². The van der Waals surface area contributed by atoms with Crippen molar-refractivity contribution in [3.05, 3.63) is 34.7 Å². The van der Waals surface area contributed by atoms with Crippen LogP contribution in [-0.2, 0) is 0 Å². The van der Waals surface area contributed by atoms with E-state index < -0.39 is 0 Å². The van der Waals surface area contributed by atoms with E-state index in [0.717, 1.165) is 33.0 Å². The highest BCUT2D eigenvalue weighted by molar-refractivity contribution is 7.17. The number of hydrogen-bond acceptors (Lipinski definition) is 7. The number of amides is 2. The predicted octanol–water partition coefficient (Wildman–Crippen LogP) is 4.99. The number of fused-ring (bicyclic) bond motifs is 1. The molecular weight excluding hydrogens is 448 g/mol. The Kier molecular flexibility index (Phi) is 6.45. The summed E-state index contributed by atoms with van der Waals surface area (Å²) in [5.41, 5.74) is 9.24. The fourth-order valence-corrected chi connectivity index (χ4v) is 6.14. The number of nitrogens with one attached hydrogen (secondary N) is 1. The van der Waals surface area contributed by atoms with Crippen LogP contribution in [-0.4, -0.2) is 54.2 Å². The van der Waals surface area contributed by atoms with E-state index in [0.29, 0.717) is 38.0 Å². The molecule has 0 bridgehead atoms. The van der Waals surface area contributed by atoms with E-state index in [1.165, 1.54) is 37.7 Å². The Bertz CT molecular complexity index is 1180. The lowest BCUT2D eigenvalue weighted by molar-refractivity contribution is 0.208. The van der Waals surface area contributed by atoms with Crippen molar-refractivity contribution in [1.29, 1.82) is 0 Å². The quantitative estimate of drug-likeness (QED) is 0.546. The van der Waals surface area contributed by atoms with Crippen molar-refractivity contribution < 1.29 is 9.53 Å². The molecule has 0 unspecified atom stereocenters. The number of hydrogen-bond donors (Lipinski definition) is 2. The molecule has 180 valence electrons. The molecule has 3 N–H and O–H groups in total. The molecule has 0 atom stereocenters. The van der Waals surface area contributed by atoms with Crippen molar-refractivity contribution in [2.75, 3.05) is 49.2 Å². The van der Waals surface area contributed by atoms with Crippen molar-refractivity contribution in [2.45, 2.75) is 44.9 Å². The van der Waals surface area contributed by atoms with E-state index in [4.69, 9.17) is 10.5 Å². The molecule has 8 nitrogen and oxygen atoms in total. The zero-order chi connectivity index (χ0) is 23.7. The Balaban J connectivity index is 1.31. The maximum Gasteiger partial charge on any atom is 0.321 e. The number of piperazine rings is 1. The predicted molar refractivity (Wildman–Crippen MR) is 138 cm³/mol. The number of methoxy groups -OCH3 is 1. The van der Waals surface area contributed by atoms with Gasteiger partial charge in [-0.1, -0.05) is 19.3 Å². The summed E-state index contributed by atoms with van der Waals surface area (Å²) in [6, 6.07) is 5.57. The van der Waals surface area contributed by atoms with Gasteiger partial charge >= 0.3 is 6.03 Å². The second kappa shape index (κ2) is 9.66. The summed E-state index contributed by atoms with van der Waals surface area (Å²) in [6.45, 7) is 4.62. The fourth-order valence-electron chi connectivity index (χ4n) is 5.12. The first-order chi connectivity index (χ1) is 16.5. The highest BCUT2D eigenvalue weighted by Crippen LogP contribution is 2.42. The Morgan fingerprint density at radius 1 is 1.15 bits per heavy atom. The van der Waals surface area contributed by atoms with Gasteiger partial charge in [-0.05, 0) is 60.4 Å². The van der Waals surface area contributed by atoms with Crippen LogP contribution in [0, 0.1) is 6.92 Å². The summed E-state index contributed by atoms with van der Waals surface area (Å²) in [5.74, 6) is 2.60. The maximum atomic E-state index is 12.9. The molecule has 0 radical (unpaired) electrons. The number of nitrogens with two attached hydrogens (primary N) is 1. The van der Waals surface area contributed by atoms with Gasteiger partial charge in [0.2, 0.25) is 5.95 Å². The lowest BCUT2D eigenvalue weighted by atomic mass is 9.84. The fraction of sp³-hybridized carbons (Fsp3) is 0.480. The maximum absolute atomic E-state index is 12.9. The summed E-state index contributed by atoms with van der Waals surface area (Å²) in [4.78, 5) is 27.2. The molecule has 3 aromatic rings. The zero-order valence-corrected chi connectivity index (χ0v) is 20.7. The van der Waals surface area contributed by atoms with E-state index >= 15 is 0 Å². The molecule has 2 amide bonds. The number of ether oxygens (including phenoxy) is 1. The van der Waals surface area contributed by atoms with Crippen LogP contribution in [0.1, 0.15) is 49.1 Å². The number of aromatic nitrogens is 2. The summed E-state index contributed by atoms with van der Waals surface area (Å²) < 4.78 is 5.26. The summed E-state index contributed by atoms with van der Waals surface area (Å²) in [6.07, 6.45) is 6.36. The minimum Gasteiger partial charge on any atom is -0.497 e. The van der Waals surface area contributed by atoms with Crippen LogP contribution in [0.5, 0.6) is 5.75 Å². The molecule has 34 heavy (non-hydrogen) atoms. The topological polar surface area (TPSA) is 96.6 Å². The third-order valence-corrected chi connectivity index (χ3v) is 7.94. The van der Waals surface area contributed by atoms with Gasteiger partial charge in [0.25, 0.3) is 0 Å². The smallest absolute Gasteiger partial charge is 0.321 e. The van der Waals surface area contributed by atoms with Gasteiger partial charge in [-0.2, -0.15) is 4.98 Å². The number of nitrogen functional groups attached to an aromatic ring is 1. The van der Waals surface area contributed by atoms with Gasteiger partial charge in [-0.25, -0.2) is 9.78 Å². The molecule has 3 heterocycles. The van der Waals surface area contributed by atoms with Crippen LogP contribution in [0.4, 0.5) is 22.2 Å². The SMILES string of the molecule is COc1ccc(NC(=O)N2CCN(c3nc(N)nc4scc(C5CCCCC5)c34)CC2)c(C)c1. The third-order valence-electron chi connectivity index (χ3n) is 7.05. The highest BCUT2D eigenvalue weighted by Gasteiger charge is 2.27. The lowest BCUT2D eigenvalue weighted by Gasteiger charge is -2.36. The lowest BCUT2D eigenvalue weighted by Crippen LogP contribution is -2.50. The van der Waals surface area contributed by atoms with Crippen LogP contribution < -0.4 is 20.7 Å². The largest absolute Gasteiger partial charge is 0.497 e. The van der Waals surface area contributed by atoms with Crippen molar-refractivity contribution >= 4 is 45.0 Å². The molecule has 1 aromatic carbocycles. The van der Waals surface area contributed by atoms with Gasteiger partial charge in [0.15, 0.2) is 0 Å². The summed E-state index contributed by atoms with van der Waals surface area (Å²) in [7, 11) is 1.64. The van der Waals surface area contributed by atoms with E-state index in [-0.39, 0.29) is 6.03 Å². The molecule has 2 aromatic heterocycles. The van der Waals surface area contributed by atoms with E-state index in [1.807, 2.05) is 30.0 Å². The number of anilines is 3. The van der Waals surface area contributed by atoms with Crippen LogP contribution in [0.3, 0.4) is 0 Å². The monoisotopic (exact) mass is 480 g/mol. The first-order valence-corrected chi connectivity index (χ1v) is 12.9. The minimum absolute atomic E-state index is 0.0845. The molecule has 5 rings (SSSR count). The molecule has 1 aliphatic carbocycles. The summed E-state index contributed by atoms with van der Waals surface area (Å²) >= 11 is 1.67. The van der Waals surface area contributed by atoms with Gasteiger partial charge in [-0.3, -0.25) is 0 Å². The average molecular weight is 481 g/mol. The standard InChI is InChI=1S/C25H32N6O2S/c1-16-14-18(33-2)8-9-20(16)27-25(32)31-12-10-30(11-13-31)22-21-19(17-6-4-3-5-7-17)15-34-23(21)29-24(26)28-22/h8-9,14-15,17H,3-7,10-13H2,1-2H3,(H,27,32)(H2,26,28,29). The Hall–Kier alpha value is -3.07. The van der Waals surface area contributed by atoms with Crippen LogP contribution >= 0.6 is 11.3 Å². The number of aryl methyl sites for hydroxylation is 1. The van der Waals surface area contributed by atoms with Crippen molar-refractivity contribution in [3.63, 3.8) is 0 Å². The van der Waals surface area contributed by atoms with Crippen LogP contribution in [0.25, 0.3) is 10.2 Å². The molecule has 2 fully saturated rings. The normalized spacial score (nSPS) is 17.2. The van der Waals surface area contributed by atoms with Gasteiger partial charge < -0.3 is 25.6 Å². The number of nitrogens with zero attached hydrogens (tertiary/aromatic N) is 4. The Morgan fingerprint density at radius 3 is 2.62 bits per heavy atom. The number of urea groups is 1. The molecule has 1 saturated carbocycles. The second-order valence-electron chi connectivity index (χ2n) is 9.20. The first kappa shape index (κ1) is 22.7. The molecular formula is C25H32N6O2S. The molecule has 2 aliphatic rings. The van der Waals surface area contributed by atoms with Crippen molar-refractivity contribution in [1.82, 2.24) is 14.9 Å². The summed E-state index contributed by atoms with van der Waals surface area (Å²) in [5, 5.41) is 6.47. The van der Waals surface area contributed by atoms with E-state index in [9.17, 15) is 4.79 Å². The molecule has 1 aliphatic heterocycles. The molecule has 0 spiro atoms. The van der Waals surface area contributed by atoms with Crippen LogP contribution in [0.2, 0.25) is 0 Å². The van der Waals surface area contributed by atoms with E-state index in [2.05, 4.69) is 25.6 Å². The van der Waals surface area contributed by atoms with Crippen molar-refractivity contribution in [3.8, 4) is 5.75 Å². The number of carbonyl (C=O) groups is 1. The second-order valence-corrected chi connectivity index (χ2v) is 10.1. The third kappa shape index (κ3) is 4.49. The van der Waals surface area contributed by atoms with Gasteiger partial charge in [-0.15, -0.1) is 11.3 Å². The number of rotatable bonds is 4. The molecule has 1 saturated heterocycles. The minimum atomic E-state index is -0.0845. The van der Waals surface area contributed by atoms with Gasteiger partial charge in [0.05, 0.1) is 12.5 Å². The number of carbonyl (C=O) groups excluding carboxylic acids is 1. The number of thiophene rings is 1. The molecule has 9 heteroatoms. The van der Waals surface area contributed by atoms with Gasteiger partial charge in [0.1, 0.15) is 16.4 Å².